The van der Waals surface area contributed by atoms with E-state index < -0.39 is 31.5 Å². The maximum Gasteiger partial charge on any atom is 0.268 e. The summed E-state index contributed by atoms with van der Waals surface area (Å²) in [6.45, 7) is 3.55. The van der Waals surface area contributed by atoms with Crippen molar-refractivity contribution < 1.29 is 18.4 Å². The largest absolute Gasteiger partial charge is 0.504 e. The van der Waals surface area contributed by atoms with Crippen LogP contribution in [0.15, 0.2) is 63.0 Å². The van der Waals surface area contributed by atoms with E-state index in [1.54, 1.807) is 6.92 Å². The Morgan fingerprint density at radius 2 is 1.66 bits per heavy atom. The van der Waals surface area contributed by atoms with Crippen molar-refractivity contribution in [1.82, 2.24) is 4.47 Å². The topological polar surface area (TPSA) is 125 Å². The molecule has 0 aromatic heterocycles. The smallest absolute Gasteiger partial charge is 0.268 e. The number of aromatic hydroxyl groups is 1. The SMILES string of the molecule is CCC(Nc1c(Nc2cccc(S(=O)(=O)N(CC)OC)c2O)c(=O)c1=O)c1ccccc1. The second-order valence-electron chi connectivity index (χ2n) is 7.01. The van der Waals surface area contributed by atoms with E-state index in [0.29, 0.717) is 6.42 Å². The van der Waals surface area contributed by atoms with Crippen LogP contribution in [0.3, 0.4) is 0 Å². The van der Waals surface area contributed by atoms with Crippen LogP contribution < -0.4 is 21.5 Å². The Labute approximate surface area is 186 Å². The normalized spacial score (nSPS) is 12.8. The van der Waals surface area contributed by atoms with E-state index in [1.165, 1.54) is 25.3 Å². The highest BCUT2D eigenvalue weighted by atomic mass is 32.2. The van der Waals surface area contributed by atoms with Crippen LogP contribution in [0.5, 0.6) is 5.75 Å². The Morgan fingerprint density at radius 3 is 2.25 bits per heavy atom. The lowest BCUT2D eigenvalue weighted by Crippen LogP contribution is -2.37. The molecule has 0 saturated carbocycles. The molecular formula is C22H25N3O6S. The first-order valence-electron chi connectivity index (χ1n) is 10.1. The molecule has 0 bridgehead atoms. The van der Waals surface area contributed by atoms with Crippen molar-refractivity contribution in [3.05, 3.63) is 74.5 Å². The van der Waals surface area contributed by atoms with Crippen molar-refractivity contribution in [3.63, 3.8) is 0 Å². The Morgan fingerprint density at radius 1 is 1.00 bits per heavy atom. The van der Waals surface area contributed by atoms with Gasteiger partial charge in [-0.25, -0.2) is 8.42 Å². The van der Waals surface area contributed by atoms with E-state index in [0.717, 1.165) is 10.0 Å². The number of benzene rings is 2. The molecule has 1 unspecified atom stereocenters. The average Bonchev–Trinajstić information content (AvgIpc) is 2.80. The number of rotatable bonds is 10. The Hall–Kier alpha value is -3.21. The van der Waals surface area contributed by atoms with Crippen LogP contribution >= 0.6 is 0 Å². The second-order valence-corrected chi connectivity index (χ2v) is 8.81. The minimum absolute atomic E-state index is 0.0267. The monoisotopic (exact) mass is 459 g/mol. The van der Waals surface area contributed by atoms with E-state index in [-0.39, 0.29) is 29.6 Å². The quantitative estimate of drug-likeness (QED) is 0.240. The van der Waals surface area contributed by atoms with Gasteiger partial charge in [0.1, 0.15) is 16.3 Å². The van der Waals surface area contributed by atoms with Crippen LogP contribution in [0, 0.1) is 0 Å². The van der Waals surface area contributed by atoms with Crippen molar-refractivity contribution >= 4 is 27.1 Å². The first-order valence-corrected chi connectivity index (χ1v) is 11.5. The molecule has 0 fully saturated rings. The maximum atomic E-state index is 12.7. The summed E-state index contributed by atoms with van der Waals surface area (Å²) in [6, 6.07) is 13.3. The molecule has 3 aromatic carbocycles. The predicted molar refractivity (Wildman–Crippen MR) is 122 cm³/mol. The maximum absolute atomic E-state index is 12.7. The van der Waals surface area contributed by atoms with Crippen LogP contribution in [0.2, 0.25) is 0 Å². The van der Waals surface area contributed by atoms with Gasteiger partial charge in [0, 0.05) is 6.54 Å². The van der Waals surface area contributed by atoms with Gasteiger partial charge in [-0.15, -0.1) is 0 Å². The van der Waals surface area contributed by atoms with E-state index in [2.05, 4.69) is 10.6 Å². The fraction of sp³-hybridized carbons (Fsp3) is 0.273. The minimum Gasteiger partial charge on any atom is -0.504 e. The summed E-state index contributed by atoms with van der Waals surface area (Å²) in [5.41, 5.74) is -0.458. The minimum atomic E-state index is -4.14. The number of para-hydroxylation sites is 1. The first kappa shape index (κ1) is 23.5. The molecule has 3 N–H and O–H groups in total. The third-order valence-electron chi connectivity index (χ3n) is 5.11. The van der Waals surface area contributed by atoms with Gasteiger partial charge in [0.25, 0.3) is 20.9 Å². The van der Waals surface area contributed by atoms with Gasteiger partial charge in [0.2, 0.25) is 0 Å². The highest BCUT2D eigenvalue weighted by Crippen LogP contribution is 2.36. The molecule has 0 aliphatic heterocycles. The molecule has 9 nitrogen and oxygen atoms in total. The second kappa shape index (κ2) is 9.51. The van der Waals surface area contributed by atoms with Crippen molar-refractivity contribution in [2.75, 3.05) is 24.3 Å². The van der Waals surface area contributed by atoms with Gasteiger partial charge in [0.05, 0.1) is 18.8 Å². The van der Waals surface area contributed by atoms with Crippen molar-refractivity contribution in [2.45, 2.75) is 31.2 Å². The summed E-state index contributed by atoms with van der Waals surface area (Å²) >= 11 is 0. The molecule has 0 saturated heterocycles. The number of phenols is 1. The molecule has 32 heavy (non-hydrogen) atoms. The average molecular weight is 460 g/mol. The molecule has 0 aliphatic carbocycles. The van der Waals surface area contributed by atoms with Gasteiger partial charge in [-0.2, -0.15) is 0 Å². The van der Waals surface area contributed by atoms with Gasteiger partial charge in [-0.1, -0.05) is 47.8 Å². The standard InChI is InChI=1S/C22H25N3O6S/c1-4-15(14-10-7-6-8-11-14)23-18-19(22(28)21(18)27)24-16-12-9-13-17(20(16)26)32(29,30)25(5-2)31-3/h6-13,15,23-24,26H,4-5H2,1-3H3. The zero-order valence-corrected chi connectivity index (χ0v) is 18.8. The molecular weight excluding hydrogens is 434 g/mol. The van der Waals surface area contributed by atoms with Crippen LogP contribution in [0.4, 0.5) is 17.1 Å². The van der Waals surface area contributed by atoms with Crippen LogP contribution in [-0.4, -0.2) is 31.6 Å². The molecule has 0 heterocycles. The summed E-state index contributed by atoms with van der Waals surface area (Å²) in [4.78, 5) is 28.9. The van der Waals surface area contributed by atoms with Gasteiger partial charge in [0.15, 0.2) is 5.75 Å². The fourth-order valence-corrected chi connectivity index (χ4v) is 4.76. The summed E-state index contributed by atoms with van der Waals surface area (Å²) < 4.78 is 26.2. The van der Waals surface area contributed by atoms with E-state index in [4.69, 9.17) is 4.84 Å². The van der Waals surface area contributed by atoms with Gasteiger partial charge < -0.3 is 15.7 Å². The third-order valence-corrected chi connectivity index (χ3v) is 6.93. The van der Waals surface area contributed by atoms with Crippen LogP contribution in [-0.2, 0) is 14.9 Å². The van der Waals surface area contributed by atoms with E-state index >= 15 is 0 Å². The molecule has 0 spiro atoms. The zero-order chi connectivity index (χ0) is 23.5. The van der Waals surface area contributed by atoms with Gasteiger partial charge in [-0.3, -0.25) is 14.4 Å². The molecule has 170 valence electrons. The highest BCUT2D eigenvalue weighted by molar-refractivity contribution is 7.89. The van der Waals surface area contributed by atoms with Crippen LogP contribution in [0.1, 0.15) is 31.9 Å². The molecule has 3 aromatic rings. The van der Waals surface area contributed by atoms with E-state index in [9.17, 15) is 23.1 Å². The van der Waals surface area contributed by atoms with Gasteiger partial charge >= 0.3 is 0 Å². The highest BCUT2D eigenvalue weighted by Gasteiger charge is 2.29. The van der Waals surface area contributed by atoms with Crippen molar-refractivity contribution in [2.24, 2.45) is 0 Å². The lowest BCUT2D eigenvalue weighted by Gasteiger charge is -2.23. The molecule has 1 atom stereocenters. The number of hydroxylamine groups is 1. The molecule has 0 amide bonds. The molecule has 0 aliphatic rings. The lowest BCUT2D eigenvalue weighted by molar-refractivity contribution is -0.0443. The summed E-state index contributed by atoms with van der Waals surface area (Å²) in [6.07, 6.45) is 0.658. The summed E-state index contributed by atoms with van der Waals surface area (Å²) in [7, 11) is -2.93. The predicted octanol–water partition coefficient (Wildman–Crippen LogP) is 2.87. The summed E-state index contributed by atoms with van der Waals surface area (Å²) in [5, 5.41) is 16.4. The molecule has 10 heteroatoms. The third kappa shape index (κ3) is 4.24. The zero-order valence-electron chi connectivity index (χ0n) is 18.0. The van der Waals surface area contributed by atoms with Gasteiger partial charge in [-0.05, 0) is 31.0 Å². The number of nitrogens with one attached hydrogen (secondary N) is 2. The van der Waals surface area contributed by atoms with Crippen LogP contribution in [0.25, 0.3) is 0 Å². The summed E-state index contributed by atoms with van der Waals surface area (Å²) in [5.74, 6) is -0.586. The van der Waals surface area contributed by atoms with Crippen molar-refractivity contribution in [3.8, 4) is 5.75 Å². The Balaban J connectivity index is 1.94. The number of sulfonamides is 1. The van der Waals surface area contributed by atoms with Crippen molar-refractivity contribution in [1.29, 1.82) is 0 Å². The number of hydrogen-bond donors (Lipinski definition) is 3. The first-order chi connectivity index (χ1) is 15.3. The lowest BCUT2D eigenvalue weighted by atomic mass is 10.0. The Kier molecular flexibility index (Phi) is 6.97. The molecule has 3 rings (SSSR count). The molecule has 0 radical (unpaired) electrons. The number of nitrogens with zero attached hydrogens (tertiary/aromatic N) is 1. The number of phenolic OH excluding ortho intramolecular Hbond substituents is 1. The fourth-order valence-electron chi connectivity index (χ4n) is 3.40. The van der Waals surface area contributed by atoms with E-state index in [1.807, 2.05) is 37.3 Å². The number of anilines is 3. The Bertz CT molecular complexity index is 1260. The number of hydrogen-bond acceptors (Lipinski definition) is 8.